The Morgan fingerprint density at radius 2 is 2.22 bits per heavy atom. The maximum absolute atomic E-state index is 12.2. The second kappa shape index (κ2) is 6.01. The number of nitrogens with one attached hydrogen (secondary N) is 2. The molecule has 23 heavy (non-hydrogen) atoms. The van der Waals surface area contributed by atoms with Gasteiger partial charge in [0.2, 0.25) is 10.0 Å². The predicted octanol–water partition coefficient (Wildman–Crippen LogP) is 1.27. The van der Waals surface area contributed by atoms with Gasteiger partial charge in [0, 0.05) is 18.8 Å². The number of aromatic nitrogens is 4. The molecular weight excluding hydrogens is 318 g/mol. The molecule has 0 radical (unpaired) electrons. The fourth-order valence-corrected chi connectivity index (χ4v) is 3.10. The average molecular weight is 335 g/mol. The smallest absolute Gasteiger partial charge is 0.244 e. The molecule has 0 saturated carbocycles. The number of rotatable bonds is 6. The molecule has 0 saturated heterocycles. The third kappa shape index (κ3) is 3.20. The molecule has 0 amide bonds. The van der Waals surface area contributed by atoms with Crippen LogP contribution in [0.2, 0.25) is 0 Å². The van der Waals surface area contributed by atoms with Crippen molar-refractivity contribution in [3.63, 3.8) is 0 Å². The highest BCUT2D eigenvalue weighted by molar-refractivity contribution is 7.89. The Morgan fingerprint density at radius 3 is 2.91 bits per heavy atom. The Morgan fingerprint density at radius 1 is 1.39 bits per heavy atom. The summed E-state index contributed by atoms with van der Waals surface area (Å²) in [5, 5.41) is 3.97. The first kappa shape index (κ1) is 15.5. The lowest BCUT2D eigenvalue weighted by Gasteiger charge is -2.02. The molecule has 122 valence electrons. The summed E-state index contributed by atoms with van der Waals surface area (Å²) in [6.07, 6.45) is 2.82. The molecule has 0 fully saturated rings. The summed E-state index contributed by atoms with van der Waals surface area (Å²) >= 11 is 0. The van der Waals surface area contributed by atoms with E-state index in [1.807, 2.05) is 19.1 Å². The van der Waals surface area contributed by atoms with E-state index in [1.165, 1.54) is 12.4 Å². The zero-order valence-electron chi connectivity index (χ0n) is 12.8. The van der Waals surface area contributed by atoms with Crippen molar-refractivity contribution in [1.82, 2.24) is 24.5 Å². The van der Waals surface area contributed by atoms with Gasteiger partial charge >= 0.3 is 0 Å². The number of imidazole rings is 1. The number of methoxy groups -OCH3 is 1. The van der Waals surface area contributed by atoms with Gasteiger partial charge in [0.25, 0.3) is 0 Å². The topological polar surface area (TPSA) is 102 Å². The minimum absolute atomic E-state index is 0.0661. The van der Waals surface area contributed by atoms with Crippen molar-refractivity contribution in [2.45, 2.75) is 24.9 Å². The number of aromatic amines is 1. The van der Waals surface area contributed by atoms with E-state index in [-0.39, 0.29) is 11.4 Å². The van der Waals surface area contributed by atoms with Crippen LogP contribution in [0.25, 0.3) is 11.0 Å². The van der Waals surface area contributed by atoms with E-state index < -0.39 is 10.0 Å². The number of nitrogens with zero attached hydrogens (tertiary/aromatic N) is 3. The van der Waals surface area contributed by atoms with Crippen LogP contribution in [0.5, 0.6) is 5.75 Å². The molecule has 0 unspecified atom stereocenters. The molecule has 0 aliphatic carbocycles. The van der Waals surface area contributed by atoms with Crippen LogP contribution in [0.15, 0.2) is 35.5 Å². The highest BCUT2D eigenvalue weighted by Gasteiger charge is 2.17. The van der Waals surface area contributed by atoms with Crippen LogP contribution >= 0.6 is 0 Å². The fourth-order valence-electron chi connectivity index (χ4n) is 2.16. The Kier molecular flexibility index (Phi) is 4.05. The quantitative estimate of drug-likeness (QED) is 0.706. The van der Waals surface area contributed by atoms with Gasteiger partial charge in [-0.25, -0.2) is 18.1 Å². The Balaban J connectivity index is 1.77. The van der Waals surface area contributed by atoms with Gasteiger partial charge in [0.15, 0.2) is 0 Å². The normalized spacial score (nSPS) is 11.9. The van der Waals surface area contributed by atoms with Crippen LogP contribution in [0.3, 0.4) is 0 Å². The molecule has 0 bridgehead atoms. The molecular formula is C14H17N5O3S. The van der Waals surface area contributed by atoms with E-state index in [1.54, 1.807) is 17.9 Å². The number of H-pyrrole nitrogens is 1. The minimum Gasteiger partial charge on any atom is -0.497 e. The Labute approximate surface area is 133 Å². The van der Waals surface area contributed by atoms with Gasteiger partial charge in [0.1, 0.15) is 16.5 Å². The number of hydrogen-bond acceptors (Lipinski definition) is 5. The van der Waals surface area contributed by atoms with Crippen molar-refractivity contribution < 1.29 is 13.2 Å². The second-order valence-electron chi connectivity index (χ2n) is 4.92. The van der Waals surface area contributed by atoms with Crippen molar-refractivity contribution in [2.24, 2.45) is 0 Å². The van der Waals surface area contributed by atoms with Gasteiger partial charge in [-0.2, -0.15) is 5.10 Å². The molecule has 0 spiro atoms. The fraction of sp³-hybridized carbons (Fsp3) is 0.286. The molecule has 1 aromatic carbocycles. The van der Waals surface area contributed by atoms with Crippen LogP contribution in [-0.2, 0) is 23.1 Å². The number of sulfonamides is 1. The van der Waals surface area contributed by atoms with Gasteiger partial charge in [-0.05, 0) is 19.1 Å². The van der Waals surface area contributed by atoms with Gasteiger partial charge in [0.05, 0.1) is 30.9 Å². The van der Waals surface area contributed by atoms with Crippen molar-refractivity contribution >= 4 is 21.1 Å². The molecule has 2 heterocycles. The highest BCUT2D eigenvalue weighted by Crippen LogP contribution is 2.18. The maximum atomic E-state index is 12.2. The van der Waals surface area contributed by atoms with Crippen LogP contribution in [-0.4, -0.2) is 35.3 Å². The van der Waals surface area contributed by atoms with E-state index >= 15 is 0 Å². The zero-order chi connectivity index (χ0) is 16.4. The predicted molar refractivity (Wildman–Crippen MR) is 84.6 cm³/mol. The summed E-state index contributed by atoms with van der Waals surface area (Å²) in [6.45, 7) is 2.57. The molecule has 8 nitrogen and oxygen atoms in total. The van der Waals surface area contributed by atoms with E-state index in [0.717, 1.165) is 11.0 Å². The maximum Gasteiger partial charge on any atom is 0.244 e. The molecule has 0 atom stereocenters. The van der Waals surface area contributed by atoms with Gasteiger partial charge < -0.3 is 9.72 Å². The summed E-state index contributed by atoms with van der Waals surface area (Å²) in [5.41, 5.74) is 1.54. The van der Waals surface area contributed by atoms with Gasteiger partial charge in [-0.1, -0.05) is 0 Å². The lowest BCUT2D eigenvalue weighted by Crippen LogP contribution is -2.23. The van der Waals surface area contributed by atoms with E-state index in [2.05, 4.69) is 19.8 Å². The van der Waals surface area contributed by atoms with Crippen molar-refractivity contribution in [2.75, 3.05) is 7.11 Å². The van der Waals surface area contributed by atoms with E-state index in [9.17, 15) is 8.42 Å². The Hall–Kier alpha value is -2.39. The lowest BCUT2D eigenvalue weighted by molar-refractivity contribution is 0.415. The summed E-state index contributed by atoms with van der Waals surface area (Å²) in [4.78, 5) is 7.56. The SMILES string of the molecule is CCn1cc(S(=O)(=O)NCc2nc3ccc(OC)cc3[nH]2)cn1. The summed E-state index contributed by atoms with van der Waals surface area (Å²) < 4.78 is 33.7. The van der Waals surface area contributed by atoms with Gasteiger partial charge in [-0.15, -0.1) is 0 Å². The molecule has 0 aliphatic rings. The van der Waals surface area contributed by atoms with Gasteiger partial charge in [-0.3, -0.25) is 4.68 Å². The summed E-state index contributed by atoms with van der Waals surface area (Å²) in [5.74, 6) is 1.24. The van der Waals surface area contributed by atoms with Crippen LogP contribution in [0.1, 0.15) is 12.7 Å². The summed E-state index contributed by atoms with van der Waals surface area (Å²) in [7, 11) is -2.03. The molecule has 3 aromatic rings. The number of aryl methyl sites for hydroxylation is 1. The molecule has 9 heteroatoms. The van der Waals surface area contributed by atoms with E-state index in [0.29, 0.717) is 18.1 Å². The zero-order valence-corrected chi connectivity index (χ0v) is 13.6. The summed E-state index contributed by atoms with van der Waals surface area (Å²) in [6, 6.07) is 5.43. The van der Waals surface area contributed by atoms with E-state index in [4.69, 9.17) is 4.74 Å². The first-order valence-electron chi connectivity index (χ1n) is 7.06. The van der Waals surface area contributed by atoms with Crippen molar-refractivity contribution in [3.05, 3.63) is 36.4 Å². The number of fused-ring (bicyclic) bond motifs is 1. The monoisotopic (exact) mass is 335 g/mol. The van der Waals surface area contributed by atoms with Crippen LogP contribution in [0.4, 0.5) is 0 Å². The molecule has 2 N–H and O–H groups in total. The minimum atomic E-state index is -3.62. The molecule has 3 rings (SSSR count). The largest absolute Gasteiger partial charge is 0.497 e. The third-order valence-electron chi connectivity index (χ3n) is 3.41. The first-order valence-corrected chi connectivity index (χ1v) is 8.55. The second-order valence-corrected chi connectivity index (χ2v) is 6.69. The number of hydrogen-bond donors (Lipinski definition) is 2. The van der Waals surface area contributed by atoms with Crippen molar-refractivity contribution in [3.8, 4) is 5.75 Å². The highest BCUT2D eigenvalue weighted by atomic mass is 32.2. The number of benzene rings is 1. The number of ether oxygens (including phenoxy) is 1. The first-order chi connectivity index (χ1) is 11.0. The third-order valence-corrected chi connectivity index (χ3v) is 4.77. The molecule has 0 aliphatic heterocycles. The van der Waals surface area contributed by atoms with Crippen LogP contribution in [0, 0.1) is 0 Å². The van der Waals surface area contributed by atoms with Crippen LogP contribution < -0.4 is 9.46 Å². The van der Waals surface area contributed by atoms with Crippen molar-refractivity contribution in [1.29, 1.82) is 0 Å². The standard InChI is InChI=1S/C14H17N5O3S/c1-3-19-9-11(7-15-19)23(20,21)16-8-14-17-12-5-4-10(22-2)6-13(12)18-14/h4-7,9,16H,3,8H2,1-2H3,(H,17,18). The Bertz CT molecular complexity index is 929. The average Bonchev–Trinajstić information content (AvgIpc) is 3.18. The lowest BCUT2D eigenvalue weighted by atomic mass is 10.3. The molecule has 2 aromatic heterocycles.